The van der Waals surface area contributed by atoms with Crippen LogP contribution in [0.4, 0.5) is 13.2 Å². The maximum absolute atomic E-state index is 12.8. The van der Waals surface area contributed by atoms with Gasteiger partial charge in [0.1, 0.15) is 0 Å². The SMILES string of the molecule is CN1CCCC(NCc2ccccc2C(F)(F)F)C1. The number of alkyl halides is 3. The van der Waals surface area contributed by atoms with Crippen molar-refractivity contribution in [1.82, 2.24) is 10.2 Å². The summed E-state index contributed by atoms with van der Waals surface area (Å²) >= 11 is 0. The normalized spacial score (nSPS) is 21.6. The summed E-state index contributed by atoms with van der Waals surface area (Å²) in [4.78, 5) is 2.21. The molecule has 1 saturated heterocycles. The second-order valence-electron chi connectivity index (χ2n) is 5.14. The van der Waals surface area contributed by atoms with Gasteiger partial charge in [-0.05, 0) is 38.1 Å². The minimum Gasteiger partial charge on any atom is -0.309 e. The van der Waals surface area contributed by atoms with E-state index >= 15 is 0 Å². The fourth-order valence-electron chi connectivity index (χ4n) is 2.54. The molecule has 0 amide bonds. The molecule has 0 saturated carbocycles. The lowest BCUT2D eigenvalue weighted by atomic mass is 10.0. The molecule has 0 bridgehead atoms. The molecule has 0 aliphatic carbocycles. The van der Waals surface area contributed by atoms with Gasteiger partial charge in [-0.2, -0.15) is 13.2 Å². The van der Waals surface area contributed by atoms with Crippen LogP contribution >= 0.6 is 0 Å². The monoisotopic (exact) mass is 272 g/mol. The minimum absolute atomic E-state index is 0.272. The van der Waals surface area contributed by atoms with Gasteiger partial charge in [0.2, 0.25) is 0 Å². The van der Waals surface area contributed by atoms with Crippen molar-refractivity contribution in [2.24, 2.45) is 0 Å². The maximum atomic E-state index is 12.8. The number of halogens is 3. The van der Waals surface area contributed by atoms with E-state index in [1.54, 1.807) is 12.1 Å². The predicted molar refractivity (Wildman–Crippen MR) is 68.8 cm³/mol. The second kappa shape index (κ2) is 5.92. The fraction of sp³-hybridized carbons (Fsp3) is 0.571. The van der Waals surface area contributed by atoms with Crippen molar-refractivity contribution in [3.63, 3.8) is 0 Å². The van der Waals surface area contributed by atoms with Gasteiger partial charge in [0.15, 0.2) is 0 Å². The zero-order chi connectivity index (χ0) is 13.9. The number of likely N-dealkylation sites (N-methyl/N-ethyl adjacent to an activating group) is 1. The molecule has 2 rings (SSSR count). The van der Waals surface area contributed by atoms with Crippen molar-refractivity contribution in [3.05, 3.63) is 35.4 Å². The Kier molecular flexibility index (Phi) is 4.47. The Morgan fingerprint density at radius 3 is 2.74 bits per heavy atom. The minimum atomic E-state index is -4.28. The molecule has 19 heavy (non-hydrogen) atoms. The summed E-state index contributed by atoms with van der Waals surface area (Å²) in [5.41, 5.74) is -0.213. The number of benzene rings is 1. The van der Waals surface area contributed by atoms with E-state index in [0.717, 1.165) is 32.0 Å². The van der Waals surface area contributed by atoms with E-state index in [1.165, 1.54) is 6.07 Å². The first-order valence-electron chi connectivity index (χ1n) is 6.54. The van der Waals surface area contributed by atoms with Gasteiger partial charge in [0, 0.05) is 19.1 Å². The van der Waals surface area contributed by atoms with Crippen LogP contribution in [0.15, 0.2) is 24.3 Å². The number of hydrogen-bond donors (Lipinski definition) is 1. The third kappa shape index (κ3) is 3.94. The van der Waals surface area contributed by atoms with Crippen molar-refractivity contribution >= 4 is 0 Å². The summed E-state index contributed by atoms with van der Waals surface area (Å²) in [6.07, 6.45) is -2.16. The number of rotatable bonds is 3. The van der Waals surface area contributed by atoms with Gasteiger partial charge in [0.05, 0.1) is 5.56 Å². The zero-order valence-corrected chi connectivity index (χ0v) is 11.0. The standard InChI is InChI=1S/C14H19F3N2/c1-19-8-4-6-12(10-19)18-9-11-5-2-3-7-13(11)14(15,16)17/h2-3,5,7,12,18H,4,6,8-10H2,1H3. The highest BCUT2D eigenvalue weighted by Crippen LogP contribution is 2.31. The van der Waals surface area contributed by atoms with Crippen LogP contribution in [0.5, 0.6) is 0 Å². The first-order chi connectivity index (χ1) is 8.97. The van der Waals surface area contributed by atoms with Gasteiger partial charge in [0.25, 0.3) is 0 Å². The number of nitrogens with zero attached hydrogens (tertiary/aromatic N) is 1. The van der Waals surface area contributed by atoms with E-state index in [-0.39, 0.29) is 12.6 Å². The molecule has 1 atom stereocenters. The summed E-state index contributed by atoms with van der Waals surface area (Å²) in [5, 5.41) is 3.24. The number of nitrogens with one attached hydrogen (secondary N) is 1. The molecule has 1 aromatic carbocycles. The highest BCUT2D eigenvalue weighted by molar-refractivity contribution is 5.29. The molecule has 2 nitrogen and oxygen atoms in total. The average molecular weight is 272 g/mol. The lowest BCUT2D eigenvalue weighted by Crippen LogP contribution is -2.43. The molecule has 1 aliphatic rings. The molecule has 1 aromatic rings. The molecule has 5 heteroatoms. The van der Waals surface area contributed by atoms with Crippen LogP contribution in [0.2, 0.25) is 0 Å². The van der Waals surface area contributed by atoms with Crippen LogP contribution in [-0.2, 0) is 12.7 Å². The Labute approximate surface area is 111 Å². The zero-order valence-electron chi connectivity index (χ0n) is 11.0. The first kappa shape index (κ1) is 14.3. The molecule has 0 aromatic heterocycles. The Morgan fingerprint density at radius 1 is 1.32 bits per heavy atom. The third-order valence-electron chi connectivity index (χ3n) is 3.53. The molecule has 0 spiro atoms. The van der Waals surface area contributed by atoms with E-state index in [2.05, 4.69) is 10.2 Å². The fourth-order valence-corrected chi connectivity index (χ4v) is 2.54. The van der Waals surface area contributed by atoms with Gasteiger partial charge < -0.3 is 10.2 Å². The lowest BCUT2D eigenvalue weighted by Gasteiger charge is -2.30. The molecule has 1 heterocycles. The smallest absolute Gasteiger partial charge is 0.309 e. The highest BCUT2D eigenvalue weighted by Gasteiger charge is 2.32. The molecular weight excluding hydrogens is 253 g/mol. The number of likely N-dealkylation sites (tertiary alicyclic amines) is 1. The van der Waals surface area contributed by atoms with Gasteiger partial charge in [-0.15, -0.1) is 0 Å². The number of piperidine rings is 1. The Balaban J connectivity index is 1.99. The van der Waals surface area contributed by atoms with Gasteiger partial charge >= 0.3 is 6.18 Å². The second-order valence-corrected chi connectivity index (χ2v) is 5.14. The summed E-state index contributed by atoms with van der Waals surface area (Å²) < 4.78 is 38.5. The quantitative estimate of drug-likeness (QED) is 0.910. The molecule has 1 unspecified atom stereocenters. The number of hydrogen-bond acceptors (Lipinski definition) is 2. The van der Waals surface area contributed by atoms with Crippen LogP contribution < -0.4 is 5.32 Å². The summed E-state index contributed by atoms with van der Waals surface area (Å²) in [7, 11) is 2.04. The average Bonchev–Trinajstić information content (AvgIpc) is 2.36. The van der Waals surface area contributed by atoms with Crippen LogP contribution in [0.3, 0.4) is 0 Å². The molecule has 1 N–H and O–H groups in total. The molecule has 1 fully saturated rings. The largest absolute Gasteiger partial charge is 0.416 e. The van der Waals surface area contributed by atoms with E-state index in [4.69, 9.17) is 0 Å². The van der Waals surface area contributed by atoms with Crippen molar-refractivity contribution < 1.29 is 13.2 Å². The summed E-state index contributed by atoms with van der Waals surface area (Å²) in [6, 6.07) is 6.05. The predicted octanol–water partition coefficient (Wildman–Crippen LogP) is 2.89. The molecule has 106 valence electrons. The van der Waals surface area contributed by atoms with Gasteiger partial charge in [-0.3, -0.25) is 0 Å². The third-order valence-corrected chi connectivity index (χ3v) is 3.53. The van der Waals surface area contributed by atoms with Crippen LogP contribution in [0.25, 0.3) is 0 Å². The van der Waals surface area contributed by atoms with Crippen LogP contribution in [0.1, 0.15) is 24.0 Å². The summed E-state index contributed by atoms with van der Waals surface area (Å²) in [6.45, 7) is 2.24. The van der Waals surface area contributed by atoms with Crippen molar-refractivity contribution in [2.75, 3.05) is 20.1 Å². The molecular formula is C14H19F3N2. The van der Waals surface area contributed by atoms with Crippen molar-refractivity contribution in [3.8, 4) is 0 Å². The maximum Gasteiger partial charge on any atom is 0.416 e. The van der Waals surface area contributed by atoms with Gasteiger partial charge in [-0.25, -0.2) is 0 Å². The van der Waals surface area contributed by atoms with Crippen LogP contribution in [-0.4, -0.2) is 31.1 Å². The van der Waals surface area contributed by atoms with Crippen LogP contribution in [0, 0.1) is 0 Å². The summed E-state index contributed by atoms with van der Waals surface area (Å²) in [5.74, 6) is 0. The van der Waals surface area contributed by atoms with Crippen molar-refractivity contribution in [2.45, 2.75) is 31.6 Å². The van der Waals surface area contributed by atoms with E-state index in [1.807, 2.05) is 7.05 Å². The Hall–Kier alpha value is -1.07. The van der Waals surface area contributed by atoms with Gasteiger partial charge in [-0.1, -0.05) is 18.2 Å². The first-order valence-corrected chi connectivity index (χ1v) is 6.54. The molecule has 0 radical (unpaired) electrons. The topological polar surface area (TPSA) is 15.3 Å². The highest BCUT2D eigenvalue weighted by atomic mass is 19.4. The lowest BCUT2D eigenvalue weighted by molar-refractivity contribution is -0.138. The Morgan fingerprint density at radius 2 is 2.05 bits per heavy atom. The Bertz CT molecular complexity index is 417. The van der Waals surface area contributed by atoms with E-state index in [9.17, 15) is 13.2 Å². The van der Waals surface area contributed by atoms with Crippen molar-refractivity contribution in [1.29, 1.82) is 0 Å². The van der Waals surface area contributed by atoms with E-state index in [0.29, 0.717) is 5.56 Å². The molecule has 1 aliphatic heterocycles. The van der Waals surface area contributed by atoms with E-state index < -0.39 is 11.7 Å².